The number of ketones is 1. The number of halogens is 1. The maximum absolute atomic E-state index is 13.1. The van der Waals surface area contributed by atoms with Crippen LogP contribution in [0.25, 0.3) is 11.0 Å². The Labute approximate surface area is 195 Å². The van der Waals surface area contributed by atoms with E-state index < -0.39 is 28.4 Å². The molecule has 1 heterocycles. The second-order valence-corrected chi connectivity index (χ2v) is 9.45. The van der Waals surface area contributed by atoms with E-state index in [-0.39, 0.29) is 21.2 Å². The van der Waals surface area contributed by atoms with Crippen LogP contribution in [0, 0.1) is 0 Å². The summed E-state index contributed by atoms with van der Waals surface area (Å²) in [6.45, 7) is -0.562. The van der Waals surface area contributed by atoms with Crippen LogP contribution in [0.15, 0.2) is 88.2 Å². The standard InChI is InChI=1S/C24H18ClNO6S/c1-26(18-8-3-2-4-9-18)33(29,30)23-14-17(11-12-19(23)25)24(28)31-15-20(27)22-13-16-7-5-6-10-21(16)32-22/h2-14H,15H2,1H3. The van der Waals surface area contributed by atoms with Gasteiger partial charge in [-0.1, -0.05) is 48.0 Å². The van der Waals surface area contributed by atoms with Crippen LogP contribution in [0.2, 0.25) is 5.02 Å². The van der Waals surface area contributed by atoms with Crippen molar-refractivity contribution >= 4 is 50.0 Å². The molecule has 0 atom stereocenters. The fourth-order valence-corrected chi connectivity index (χ4v) is 4.85. The minimum absolute atomic E-state index is 0.0484. The lowest BCUT2D eigenvalue weighted by Crippen LogP contribution is -2.27. The molecule has 33 heavy (non-hydrogen) atoms. The van der Waals surface area contributed by atoms with E-state index in [2.05, 4.69) is 0 Å². The highest BCUT2D eigenvalue weighted by atomic mass is 35.5. The summed E-state index contributed by atoms with van der Waals surface area (Å²) in [4.78, 5) is 24.7. The van der Waals surface area contributed by atoms with Crippen molar-refractivity contribution in [1.82, 2.24) is 0 Å². The topological polar surface area (TPSA) is 93.9 Å². The molecule has 4 rings (SSSR count). The number of ether oxygens (including phenoxy) is 1. The third-order valence-corrected chi connectivity index (χ3v) is 7.23. The van der Waals surface area contributed by atoms with Crippen LogP contribution >= 0.6 is 11.6 Å². The number of carbonyl (C=O) groups excluding carboxylic acids is 2. The number of esters is 1. The number of rotatable bonds is 7. The smallest absolute Gasteiger partial charge is 0.338 e. The average molecular weight is 484 g/mol. The second-order valence-electron chi connectivity index (χ2n) is 7.10. The first-order valence-electron chi connectivity index (χ1n) is 9.80. The first-order valence-corrected chi connectivity index (χ1v) is 11.6. The van der Waals surface area contributed by atoms with Gasteiger partial charge in [0.2, 0.25) is 5.78 Å². The van der Waals surface area contributed by atoms with E-state index in [1.54, 1.807) is 54.6 Å². The van der Waals surface area contributed by atoms with Crippen molar-refractivity contribution in [2.75, 3.05) is 18.0 Å². The van der Waals surface area contributed by atoms with Crippen LogP contribution in [0.3, 0.4) is 0 Å². The van der Waals surface area contributed by atoms with Crippen molar-refractivity contribution in [3.05, 3.63) is 95.2 Å². The Morgan fingerprint density at radius 2 is 1.67 bits per heavy atom. The van der Waals surface area contributed by atoms with Gasteiger partial charge in [0, 0.05) is 12.4 Å². The lowest BCUT2D eigenvalue weighted by atomic mass is 10.2. The molecule has 0 fully saturated rings. The Kier molecular flexibility index (Phi) is 6.22. The maximum Gasteiger partial charge on any atom is 0.338 e. The number of furan rings is 1. The van der Waals surface area contributed by atoms with Crippen LogP contribution in [0.4, 0.5) is 5.69 Å². The fraction of sp³-hybridized carbons (Fsp3) is 0.0833. The van der Waals surface area contributed by atoms with E-state index in [1.165, 1.54) is 19.2 Å². The third-order valence-electron chi connectivity index (χ3n) is 4.96. The van der Waals surface area contributed by atoms with E-state index >= 15 is 0 Å². The van der Waals surface area contributed by atoms with Crippen molar-refractivity contribution in [1.29, 1.82) is 0 Å². The van der Waals surface area contributed by atoms with Crippen molar-refractivity contribution in [3.63, 3.8) is 0 Å². The molecule has 0 spiro atoms. The van der Waals surface area contributed by atoms with Gasteiger partial charge in [-0.3, -0.25) is 9.10 Å². The summed E-state index contributed by atoms with van der Waals surface area (Å²) in [7, 11) is -2.67. The first kappa shape index (κ1) is 22.6. The summed E-state index contributed by atoms with van der Waals surface area (Å²) in [6.07, 6.45) is 0. The molecule has 1 aromatic heterocycles. The van der Waals surface area contributed by atoms with Crippen molar-refractivity contribution in [2.24, 2.45) is 0 Å². The Hall–Kier alpha value is -3.62. The molecule has 0 saturated heterocycles. The Bertz CT molecular complexity index is 1410. The van der Waals surface area contributed by atoms with Gasteiger partial charge in [-0.2, -0.15) is 0 Å². The van der Waals surface area contributed by atoms with Gasteiger partial charge in [-0.25, -0.2) is 13.2 Å². The Morgan fingerprint density at radius 1 is 0.970 bits per heavy atom. The van der Waals surface area contributed by atoms with Gasteiger partial charge in [-0.15, -0.1) is 0 Å². The van der Waals surface area contributed by atoms with Gasteiger partial charge in [0.15, 0.2) is 12.4 Å². The maximum atomic E-state index is 13.1. The SMILES string of the molecule is CN(c1ccccc1)S(=O)(=O)c1cc(C(=O)OCC(=O)c2cc3ccccc3o2)ccc1Cl. The largest absolute Gasteiger partial charge is 0.454 e. The minimum atomic E-state index is -4.06. The molecule has 9 heteroatoms. The normalized spacial score (nSPS) is 11.3. The van der Waals surface area contributed by atoms with E-state index in [4.69, 9.17) is 20.8 Å². The number of para-hydroxylation sites is 2. The quantitative estimate of drug-likeness (QED) is 0.272. The predicted octanol–water partition coefficient (Wildman–Crippen LogP) is 4.95. The molecule has 0 unspecified atom stereocenters. The van der Waals surface area contributed by atoms with E-state index in [0.717, 1.165) is 15.8 Å². The number of nitrogens with zero attached hydrogens (tertiary/aromatic N) is 1. The molecule has 0 aliphatic carbocycles. The number of carbonyl (C=O) groups is 2. The first-order chi connectivity index (χ1) is 15.8. The molecule has 0 saturated carbocycles. The molecule has 7 nitrogen and oxygen atoms in total. The molecular formula is C24H18ClNO6S. The molecule has 0 aliphatic heterocycles. The summed E-state index contributed by atoms with van der Waals surface area (Å²) in [5, 5.41) is 0.704. The average Bonchev–Trinajstić information content (AvgIpc) is 3.27. The van der Waals surface area contributed by atoms with Crippen molar-refractivity contribution in [2.45, 2.75) is 4.90 Å². The lowest BCUT2D eigenvalue weighted by molar-refractivity contribution is 0.0468. The fourth-order valence-electron chi connectivity index (χ4n) is 3.16. The monoisotopic (exact) mass is 483 g/mol. The minimum Gasteiger partial charge on any atom is -0.454 e. The summed E-state index contributed by atoms with van der Waals surface area (Å²) >= 11 is 6.14. The predicted molar refractivity (Wildman–Crippen MR) is 124 cm³/mol. The Balaban J connectivity index is 1.52. The highest BCUT2D eigenvalue weighted by Gasteiger charge is 2.26. The van der Waals surface area contributed by atoms with Crippen LogP contribution in [0.5, 0.6) is 0 Å². The third kappa shape index (κ3) is 4.62. The van der Waals surface area contributed by atoms with Gasteiger partial charge in [0.05, 0.1) is 16.3 Å². The number of hydrogen-bond donors (Lipinski definition) is 0. The molecule has 168 valence electrons. The molecule has 0 amide bonds. The van der Waals surface area contributed by atoms with Crippen LogP contribution < -0.4 is 4.31 Å². The van der Waals surface area contributed by atoms with E-state index in [1.807, 2.05) is 6.07 Å². The highest BCUT2D eigenvalue weighted by molar-refractivity contribution is 7.93. The van der Waals surface area contributed by atoms with Crippen LogP contribution in [-0.2, 0) is 14.8 Å². The molecule has 4 aromatic rings. The molecule has 3 aromatic carbocycles. The molecule has 0 N–H and O–H groups in total. The summed E-state index contributed by atoms with van der Waals surface area (Å²) in [5.41, 5.74) is 0.914. The van der Waals surface area contributed by atoms with Gasteiger partial charge >= 0.3 is 5.97 Å². The summed E-state index contributed by atoms with van der Waals surface area (Å²) in [6, 6.07) is 20.9. The van der Waals surface area contributed by atoms with Gasteiger partial charge in [0.25, 0.3) is 10.0 Å². The Morgan fingerprint density at radius 3 is 2.39 bits per heavy atom. The molecule has 0 bridgehead atoms. The zero-order chi connectivity index (χ0) is 23.6. The molecule has 0 radical (unpaired) electrons. The van der Waals surface area contributed by atoms with Crippen LogP contribution in [-0.4, -0.2) is 33.8 Å². The van der Waals surface area contributed by atoms with E-state index in [9.17, 15) is 18.0 Å². The van der Waals surface area contributed by atoms with Gasteiger partial charge in [0.1, 0.15) is 10.5 Å². The number of fused-ring (bicyclic) bond motifs is 1. The van der Waals surface area contributed by atoms with Gasteiger partial charge in [-0.05, 0) is 42.5 Å². The second kappa shape index (κ2) is 9.09. The van der Waals surface area contributed by atoms with Crippen LogP contribution in [0.1, 0.15) is 20.9 Å². The summed E-state index contributed by atoms with van der Waals surface area (Å²) < 4.78 is 37.8. The molecule has 0 aliphatic rings. The zero-order valence-electron chi connectivity index (χ0n) is 17.4. The number of sulfonamides is 1. The number of Topliss-reactive ketones (excluding diaryl/α,β-unsaturated/α-hetero) is 1. The summed E-state index contributed by atoms with van der Waals surface area (Å²) in [5.74, 6) is -1.33. The lowest BCUT2D eigenvalue weighted by Gasteiger charge is -2.20. The number of hydrogen-bond acceptors (Lipinski definition) is 6. The highest BCUT2D eigenvalue weighted by Crippen LogP contribution is 2.28. The molecular weight excluding hydrogens is 466 g/mol. The van der Waals surface area contributed by atoms with E-state index in [0.29, 0.717) is 11.3 Å². The number of anilines is 1. The number of benzene rings is 3. The van der Waals surface area contributed by atoms with Gasteiger partial charge < -0.3 is 9.15 Å². The zero-order valence-corrected chi connectivity index (χ0v) is 19.0. The van der Waals surface area contributed by atoms with Crippen molar-refractivity contribution in [3.8, 4) is 0 Å². The van der Waals surface area contributed by atoms with Crippen molar-refractivity contribution < 1.29 is 27.2 Å².